The standard InChI is InChI=1S/C13H8F2N2.C7H6N2.C6H3F2I.CH4.H2/c14-9-5-6-12(10(15)7-9)17-8-16-11-3-1-2-4-13(11)17;1-2-4-7-6(3-1)8-5-9-7;7-4-1-2-6(9)5(8)3-4;;/h1-8H;1-5H,(H,8,9);1-3H;1H4;1H/i;;;;1+1. The first kappa shape index (κ1) is 26.9. The first-order valence-electron chi connectivity index (χ1n) is 10.3. The monoisotopic (exact) mass is 607 g/mol. The number of fused-ring (bicyclic) bond motifs is 2. The summed E-state index contributed by atoms with van der Waals surface area (Å²) in [5, 5.41) is 0. The Bertz CT molecular complexity index is 1560. The van der Waals surface area contributed by atoms with Crippen LogP contribution in [0.2, 0.25) is 0 Å². The topological polar surface area (TPSA) is 46.5 Å². The summed E-state index contributed by atoms with van der Waals surface area (Å²) in [5.74, 6) is -2.23. The molecule has 9 heteroatoms. The molecular formula is C27H23F4IN4. The summed E-state index contributed by atoms with van der Waals surface area (Å²) in [7, 11) is 0. The molecule has 0 unspecified atom stereocenters. The van der Waals surface area contributed by atoms with Crippen LogP contribution < -0.4 is 0 Å². The fourth-order valence-corrected chi connectivity index (χ4v) is 3.51. The van der Waals surface area contributed by atoms with Crippen LogP contribution in [0.1, 0.15) is 8.85 Å². The van der Waals surface area contributed by atoms with E-state index >= 15 is 0 Å². The molecule has 0 atom stereocenters. The van der Waals surface area contributed by atoms with Gasteiger partial charge < -0.3 is 4.98 Å². The SMILES string of the molecule is C.Fc1ccc(-n2cnc3ccccc32)c(F)c1.Fc1ccc(I)c(F)c1.[2HH].c1ccc2[nH]cnc2c1. The van der Waals surface area contributed by atoms with Gasteiger partial charge in [-0.2, -0.15) is 0 Å². The van der Waals surface area contributed by atoms with Gasteiger partial charge in [-0.25, -0.2) is 27.5 Å². The van der Waals surface area contributed by atoms with Crippen LogP contribution in [0.4, 0.5) is 17.6 Å². The van der Waals surface area contributed by atoms with Gasteiger partial charge in [0.25, 0.3) is 0 Å². The number of H-pyrrole nitrogens is 1. The van der Waals surface area contributed by atoms with Crippen LogP contribution in [0.15, 0.2) is 97.6 Å². The molecule has 0 aliphatic heterocycles. The van der Waals surface area contributed by atoms with Crippen molar-refractivity contribution in [2.24, 2.45) is 0 Å². The second-order valence-electron chi connectivity index (χ2n) is 7.18. The number of para-hydroxylation sites is 4. The lowest BCUT2D eigenvalue weighted by molar-refractivity contribution is 0.577. The molecule has 1 N–H and O–H groups in total. The van der Waals surface area contributed by atoms with Gasteiger partial charge in [-0.3, -0.25) is 4.57 Å². The molecule has 0 fully saturated rings. The maximum absolute atomic E-state index is 13.7. The number of halogens is 5. The molecule has 186 valence electrons. The highest BCUT2D eigenvalue weighted by molar-refractivity contribution is 14.1. The molecule has 0 bridgehead atoms. The number of imidazole rings is 2. The molecular weight excluding hydrogens is 583 g/mol. The van der Waals surface area contributed by atoms with Gasteiger partial charge >= 0.3 is 0 Å². The highest BCUT2D eigenvalue weighted by Gasteiger charge is 2.09. The average Bonchev–Trinajstić information content (AvgIpc) is 3.50. The van der Waals surface area contributed by atoms with Gasteiger partial charge in [0.05, 0.1) is 34.1 Å². The molecule has 0 saturated heterocycles. The van der Waals surface area contributed by atoms with Crippen molar-refractivity contribution in [1.29, 1.82) is 0 Å². The summed E-state index contributed by atoms with van der Waals surface area (Å²) in [6, 6.07) is 22.3. The minimum absolute atomic E-state index is 0. The summed E-state index contributed by atoms with van der Waals surface area (Å²) < 4.78 is 53.0. The van der Waals surface area contributed by atoms with Crippen LogP contribution in [0, 0.1) is 26.8 Å². The number of hydrogen-bond donors (Lipinski definition) is 1. The van der Waals surface area contributed by atoms with Crippen LogP contribution in [-0.4, -0.2) is 19.5 Å². The van der Waals surface area contributed by atoms with E-state index in [2.05, 4.69) is 15.0 Å². The number of nitrogens with zero attached hydrogens (tertiary/aromatic N) is 3. The van der Waals surface area contributed by atoms with Crippen LogP contribution in [0.25, 0.3) is 27.8 Å². The van der Waals surface area contributed by atoms with Gasteiger partial charge in [0.2, 0.25) is 0 Å². The third-order valence-corrected chi connectivity index (χ3v) is 5.71. The Balaban J connectivity index is 0.000000206. The summed E-state index contributed by atoms with van der Waals surface area (Å²) in [5.41, 5.74) is 3.98. The third-order valence-electron chi connectivity index (χ3n) is 4.83. The van der Waals surface area contributed by atoms with Crippen molar-refractivity contribution in [2.45, 2.75) is 7.43 Å². The second kappa shape index (κ2) is 12.3. The van der Waals surface area contributed by atoms with Gasteiger partial charge in [0, 0.05) is 17.1 Å². The molecule has 4 aromatic carbocycles. The van der Waals surface area contributed by atoms with Gasteiger partial charge in [-0.05, 0) is 71.1 Å². The Kier molecular flexibility index (Phi) is 9.18. The molecule has 0 amide bonds. The van der Waals surface area contributed by atoms with Crippen molar-refractivity contribution in [3.8, 4) is 5.69 Å². The van der Waals surface area contributed by atoms with Gasteiger partial charge in [0.1, 0.15) is 29.6 Å². The normalized spacial score (nSPS) is 10.1. The molecule has 0 radical (unpaired) electrons. The minimum Gasteiger partial charge on any atom is -0.345 e. The summed E-state index contributed by atoms with van der Waals surface area (Å²) >= 11 is 1.80. The van der Waals surface area contributed by atoms with E-state index in [0.29, 0.717) is 9.26 Å². The Morgan fingerprint density at radius 3 is 2.03 bits per heavy atom. The lowest BCUT2D eigenvalue weighted by Crippen LogP contribution is -1.96. The summed E-state index contributed by atoms with van der Waals surface area (Å²) in [6.45, 7) is 0. The maximum Gasteiger partial charge on any atom is 0.150 e. The molecule has 0 aliphatic rings. The smallest absolute Gasteiger partial charge is 0.150 e. The van der Waals surface area contributed by atoms with Crippen molar-refractivity contribution in [2.75, 3.05) is 0 Å². The quantitative estimate of drug-likeness (QED) is 0.116. The van der Waals surface area contributed by atoms with Gasteiger partial charge in [0.15, 0.2) is 0 Å². The van der Waals surface area contributed by atoms with E-state index in [1.807, 2.05) is 48.5 Å². The van der Waals surface area contributed by atoms with Crippen molar-refractivity contribution in [3.63, 3.8) is 0 Å². The van der Waals surface area contributed by atoms with Crippen LogP contribution >= 0.6 is 22.6 Å². The van der Waals surface area contributed by atoms with Crippen molar-refractivity contribution >= 4 is 44.7 Å². The Labute approximate surface area is 220 Å². The molecule has 4 nitrogen and oxygen atoms in total. The van der Waals surface area contributed by atoms with Crippen molar-refractivity contribution in [3.05, 3.63) is 124 Å². The molecule has 0 spiro atoms. The molecule has 2 aromatic heterocycles. The number of aromatic nitrogens is 4. The van der Waals surface area contributed by atoms with Gasteiger partial charge in [-0.15, -0.1) is 0 Å². The van der Waals surface area contributed by atoms with Crippen molar-refractivity contribution < 1.29 is 19.0 Å². The Hall–Kier alpha value is -3.73. The highest BCUT2D eigenvalue weighted by Crippen LogP contribution is 2.20. The summed E-state index contributed by atoms with van der Waals surface area (Å²) in [4.78, 5) is 11.2. The van der Waals surface area contributed by atoms with E-state index in [4.69, 9.17) is 0 Å². The predicted molar refractivity (Wildman–Crippen MR) is 145 cm³/mol. The molecule has 6 aromatic rings. The largest absolute Gasteiger partial charge is 0.345 e. The second-order valence-corrected chi connectivity index (χ2v) is 8.34. The predicted octanol–water partition coefficient (Wildman–Crippen LogP) is 8.32. The number of hydrogen-bond acceptors (Lipinski definition) is 2. The Morgan fingerprint density at radius 2 is 1.36 bits per heavy atom. The van der Waals surface area contributed by atoms with Crippen LogP contribution in [0.3, 0.4) is 0 Å². The van der Waals surface area contributed by atoms with E-state index in [0.717, 1.165) is 34.2 Å². The minimum atomic E-state index is -0.604. The zero-order valence-electron chi connectivity index (χ0n) is 18.0. The lowest BCUT2D eigenvalue weighted by atomic mass is 10.2. The first-order valence-corrected chi connectivity index (χ1v) is 11.4. The zero-order chi connectivity index (χ0) is 24.8. The van der Waals surface area contributed by atoms with Crippen LogP contribution in [-0.2, 0) is 0 Å². The van der Waals surface area contributed by atoms with Crippen LogP contribution in [0.5, 0.6) is 0 Å². The Morgan fingerprint density at radius 1 is 0.722 bits per heavy atom. The molecule has 0 aliphatic carbocycles. The fourth-order valence-electron chi connectivity index (χ4n) is 3.18. The third kappa shape index (κ3) is 6.48. The van der Waals surface area contributed by atoms with E-state index in [-0.39, 0.29) is 8.85 Å². The average molecular weight is 607 g/mol. The summed E-state index contributed by atoms with van der Waals surface area (Å²) in [6.07, 6.45) is 3.23. The first-order chi connectivity index (χ1) is 16.9. The molecule has 6 rings (SSSR count). The van der Waals surface area contributed by atoms with E-state index < -0.39 is 23.3 Å². The molecule has 0 saturated carbocycles. The molecule has 36 heavy (non-hydrogen) atoms. The number of nitrogens with one attached hydrogen (secondary N) is 1. The lowest BCUT2D eigenvalue weighted by Gasteiger charge is -2.05. The van der Waals surface area contributed by atoms with E-state index in [9.17, 15) is 17.6 Å². The fraction of sp³-hybridized carbons (Fsp3) is 0.0370. The number of rotatable bonds is 1. The highest BCUT2D eigenvalue weighted by atomic mass is 127. The maximum atomic E-state index is 13.7. The van der Waals surface area contributed by atoms with Crippen molar-refractivity contribution in [1.82, 2.24) is 19.5 Å². The number of benzene rings is 4. The zero-order valence-corrected chi connectivity index (χ0v) is 20.1. The van der Waals surface area contributed by atoms with E-state index in [1.165, 1.54) is 30.6 Å². The molecule has 2 heterocycles. The van der Waals surface area contributed by atoms with Gasteiger partial charge in [-0.1, -0.05) is 31.7 Å². The van der Waals surface area contributed by atoms with E-state index in [1.54, 1.807) is 33.5 Å². The number of aromatic amines is 1.